The van der Waals surface area contributed by atoms with Gasteiger partial charge in [0.05, 0.1) is 31.4 Å². The normalized spacial score (nSPS) is 19.7. The molecule has 2 heterocycles. The average molecular weight is 416 g/mol. The molecule has 1 aliphatic heterocycles. The van der Waals surface area contributed by atoms with E-state index < -0.39 is 6.04 Å². The summed E-state index contributed by atoms with van der Waals surface area (Å²) in [5.41, 5.74) is 2.96. The second-order valence-corrected chi connectivity index (χ2v) is 8.37. The minimum Gasteiger partial charge on any atom is -0.467 e. The predicted molar refractivity (Wildman–Crippen MR) is 109 cm³/mol. The Bertz CT molecular complexity index is 887. The summed E-state index contributed by atoms with van der Waals surface area (Å²) in [6.07, 6.45) is 7.33. The van der Waals surface area contributed by atoms with Gasteiger partial charge in [-0.1, -0.05) is 43.0 Å². The molecule has 7 heteroatoms. The lowest BCUT2D eigenvalue weighted by Gasteiger charge is -2.37. The molecule has 2 aromatic rings. The standard InChI is InChI=1S/C22H26ClN3O3/c1-29-22(28)19-11-18-20(13-26(19)21(27)16-5-3-2-4-6-16)25(14-24-18)12-15-7-9-17(23)10-8-15/h7-10,14,16,19H,2-6,11-13H2,1H3/t19-/m1/s1. The summed E-state index contributed by atoms with van der Waals surface area (Å²) < 4.78 is 7.07. The first kappa shape index (κ1) is 20.0. The van der Waals surface area contributed by atoms with Crippen molar-refractivity contribution in [2.45, 2.75) is 57.7 Å². The number of amides is 1. The van der Waals surface area contributed by atoms with Crippen molar-refractivity contribution in [3.8, 4) is 0 Å². The van der Waals surface area contributed by atoms with E-state index in [4.69, 9.17) is 16.3 Å². The number of nitrogens with zero attached hydrogens (tertiary/aromatic N) is 3. The van der Waals surface area contributed by atoms with Gasteiger partial charge >= 0.3 is 5.97 Å². The molecule has 1 fully saturated rings. The Morgan fingerprint density at radius 1 is 1.17 bits per heavy atom. The van der Waals surface area contributed by atoms with Crippen LogP contribution in [0.1, 0.15) is 49.1 Å². The molecule has 154 valence electrons. The summed E-state index contributed by atoms with van der Waals surface area (Å²) in [4.78, 5) is 32.0. The summed E-state index contributed by atoms with van der Waals surface area (Å²) in [7, 11) is 1.38. The first-order valence-electron chi connectivity index (χ1n) is 10.2. The topological polar surface area (TPSA) is 64.4 Å². The number of methoxy groups -OCH3 is 1. The van der Waals surface area contributed by atoms with Crippen LogP contribution in [0.4, 0.5) is 0 Å². The first-order valence-corrected chi connectivity index (χ1v) is 10.6. The summed E-state index contributed by atoms with van der Waals surface area (Å²) in [6, 6.07) is 7.11. The number of rotatable bonds is 4. The van der Waals surface area contributed by atoms with E-state index in [1.165, 1.54) is 13.5 Å². The summed E-state index contributed by atoms with van der Waals surface area (Å²) in [6.45, 7) is 1.03. The molecule has 1 amide bonds. The fourth-order valence-corrected chi connectivity index (χ4v) is 4.58. The molecule has 0 N–H and O–H groups in total. The van der Waals surface area contributed by atoms with Crippen molar-refractivity contribution in [3.05, 3.63) is 52.6 Å². The van der Waals surface area contributed by atoms with Crippen LogP contribution in [0.3, 0.4) is 0 Å². The van der Waals surface area contributed by atoms with Crippen LogP contribution < -0.4 is 0 Å². The number of halogens is 1. The number of benzene rings is 1. The van der Waals surface area contributed by atoms with E-state index in [2.05, 4.69) is 9.55 Å². The molecule has 1 atom stereocenters. The van der Waals surface area contributed by atoms with Crippen molar-refractivity contribution in [1.29, 1.82) is 0 Å². The molecule has 0 spiro atoms. The van der Waals surface area contributed by atoms with Gasteiger partial charge in [0.25, 0.3) is 0 Å². The monoisotopic (exact) mass is 415 g/mol. The zero-order valence-electron chi connectivity index (χ0n) is 16.6. The van der Waals surface area contributed by atoms with Crippen LogP contribution in [0.15, 0.2) is 30.6 Å². The van der Waals surface area contributed by atoms with E-state index in [9.17, 15) is 9.59 Å². The fourth-order valence-electron chi connectivity index (χ4n) is 4.45. The van der Waals surface area contributed by atoms with E-state index in [-0.39, 0.29) is 17.8 Å². The van der Waals surface area contributed by atoms with Crippen LogP contribution in [-0.2, 0) is 33.8 Å². The van der Waals surface area contributed by atoms with Gasteiger partial charge in [-0.2, -0.15) is 0 Å². The number of esters is 1. The van der Waals surface area contributed by atoms with Crippen molar-refractivity contribution >= 4 is 23.5 Å². The maximum Gasteiger partial charge on any atom is 0.329 e. The van der Waals surface area contributed by atoms with Crippen molar-refractivity contribution in [1.82, 2.24) is 14.5 Å². The highest BCUT2D eigenvalue weighted by atomic mass is 35.5. The molecule has 0 radical (unpaired) electrons. The predicted octanol–water partition coefficient (Wildman–Crippen LogP) is 3.59. The van der Waals surface area contributed by atoms with E-state index >= 15 is 0 Å². The lowest BCUT2D eigenvalue weighted by molar-refractivity contribution is -0.156. The Morgan fingerprint density at radius 2 is 1.90 bits per heavy atom. The maximum atomic E-state index is 13.3. The summed E-state index contributed by atoms with van der Waals surface area (Å²) in [5.74, 6) is -0.290. The second kappa shape index (κ2) is 8.57. The molecule has 1 aliphatic carbocycles. The summed E-state index contributed by atoms with van der Waals surface area (Å²) in [5, 5.41) is 0.701. The molecular weight excluding hydrogens is 390 g/mol. The first-order chi connectivity index (χ1) is 14.1. The van der Waals surface area contributed by atoms with Gasteiger partial charge in [0.2, 0.25) is 5.91 Å². The minimum atomic E-state index is -0.596. The minimum absolute atomic E-state index is 0.00472. The maximum absolute atomic E-state index is 13.3. The van der Waals surface area contributed by atoms with Gasteiger partial charge in [-0.3, -0.25) is 4.79 Å². The third kappa shape index (κ3) is 4.17. The third-order valence-corrected chi connectivity index (χ3v) is 6.34. The molecule has 1 aromatic carbocycles. The van der Waals surface area contributed by atoms with Gasteiger partial charge in [-0.15, -0.1) is 0 Å². The average Bonchev–Trinajstić information content (AvgIpc) is 3.15. The molecule has 0 bridgehead atoms. The van der Waals surface area contributed by atoms with E-state index in [1.807, 2.05) is 24.3 Å². The zero-order valence-corrected chi connectivity index (χ0v) is 17.4. The van der Waals surface area contributed by atoms with Crippen LogP contribution in [0.5, 0.6) is 0 Å². The van der Waals surface area contributed by atoms with Crippen LogP contribution in [-0.4, -0.2) is 39.5 Å². The molecule has 6 nitrogen and oxygen atoms in total. The van der Waals surface area contributed by atoms with E-state index in [0.717, 1.165) is 42.6 Å². The number of fused-ring (bicyclic) bond motifs is 1. The lowest BCUT2D eigenvalue weighted by Crippen LogP contribution is -2.51. The number of imidazole rings is 1. The number of ether oxygens (including phenoxy) is 1. The van der Waals surface area contributed by atoms with Crippen LogP contribution in [0.25, 0.3) is 0 Å². The summed E-state index contributed by atoms with van der Waals surface area (Å²) >= 11 is 5.99. The van der Waals surface area contributed by atoms with Gasteiger partial charge < -0.3 is 14.2 Å². The number of aromatic nitrogens is 2. The molecule has 1 saturated carbocycles. The van der Waals surface area contributed by atoms with Crippen molar-refractivity contribution in [2.24, 2.45) is 5.92 Å². The SMILES string of the molecule is COC(=O)[C@H]1Cc2ncn(Cc3ccc(Cl)cc3)c2CN1C(=O)C1CCCCC1. The van der Waals surface area contributed by atoms with E-state index in [1.54, 1.807) is 11.2 Å². The second-order valence-electron chi connectivity index (χ2n) is 7.94. The highest BCUT2D eigenvalue weighted by Crippen LogP contribution is 2.30. The van der Waals surface area contributed by atoms with Gasteiger partial charge in [0.15, 0.2) is 0 Å². The van der Waals surface area contributed by atoms with Gasteiger partial charge in [0.1, 0.15) is 6.04 Å². The molecule has 1 aromatic heterocycles. The number of hydrogen-bond donors (Lipinski definition) is 0. The van der Waals surface area contributed by atoms with Crippen LogP contribution in [0, 0.1) is 5.92 Å². The Balaban J connectivity index is 1.60. The highest BCUT2D eigenvalue weighted by Gasteiger charge is 2.40. The third-order valence-electron chi connectivity index (χ3n) is 6.09. The van der Waals surface area contributed by atoms with Crippen LogP contribution >= 0.6 is 11.6 Å². The molecular formula is C22H26ClN3O3. The van der Waals surface area contributed by atoms with Gasteiger partial charge in [-0.05, 0) is 30.5 Å². The highest BCUT2D eigenvalue weighted by molar-refractivity contribution is 6.30. The Morgan fingerprint density at radius 3 is 2.59 bits per heavy atom. The Hall–Kier alpha value is -2.34. The molecule has 2 aliphatic rings. The van der Waals surface area contributed by atoms with Crippen molar-refractivity contribution in [2.75, 3.05) is 7.11 Å². The Labute approximate surface area is 175 Å². The smallest absolute Gasteiger partial charge is 0.329 e. The molecule has 4 rings (SSSR count). The quantitative estimate of drug-likeness (QED) is 0.716. The zero-order chi connectivity index (χ0) is 20.4. The van der Waals surface area contributed by atoms with E-state index in [0.29, 0.717) is 24.5 Å². The van der Waals surface area contributed by atoms with Gasteiger partial charge in [-0.25, -0.2) is 9.78 Å². The number of hydrogen-bond acceptors (Lipinski definition) is 4. The molecule has 29 heavy (non-hydrogen) atoms. The molecule has 0 saturated heterocycles. The number of carbonyl (C=O) groups is 2. The van der Waals surface area contributed by atoms with Crippen molar-refractivity contribution < 1.29 is 14.3 Å². The number of carbonyl (C=O) groups excluding carboxylic acids is 2. The molecule has 0 unspecified atom stereocenters. The van der Waals surface area contributed by atoms with Crippen molar-refractivity contribution in [3.63, 3.8) is 0 Å². The Kier molecular flexibility index (Phi) is 5.90. The largest absolute Gasteiger partial charge is 0.467 e. The van der Waals surface area contributed by atoms with Gasteiger partial charge in [0, 0.05) is 23.9 Å². The van der Waals surface area contributed by atoms with Crippen LogP contribution in [0.2, 0.25) is 5.02 Å². The fraction of sp³-hybridized carbons (Fsp3) is 0.500. The lowest BCUT2D eigenvalue weighted by atomic mass is 9.87.